The van der Waals surface area contributed by atoms with Crippen molar-refractivity contribution in [1.29, 1.82) is 0 Å². The second-order valence-corrected chi connectivity index (χ2v) is 5.95. The monoisotopic (exact) mass is 356 g/mol. The highest BCUT2D eigenvalue weighted by atomic mass is 35.5. The molecular weight excluding hydrogens is 340 g/mol. The van der Waals surface area contributed by atoms with E-state index in [1.165, 1.54) is 7.11 Å². The maximum atomic E-state index is 12.4. The maximum absolute atomic E-state index is 12.4. The number of nitrogens with two attached hydrogens (primary N) is 1. The highest BCUT2D eigenvalue weighted by Gasteiger charge is 2.15. The van der Waals surface area contributed by atoms with E-state index in [0.717, 1.165) is 11.1 Å². The first-order chi connectivity index (χ1) is 12.0. The lowest BCUT2D eigenvalue weighted by Crippen LogP contribution is -2.11. The third-order valence-electron chi connectivity index (χ3n) is 3.76. The van der Waals surface area contributed by atoms with Crippen molar-refractivity contribution in [1.82, 2.24) is 0 Å². The van der Waals surface area contributed by atoms with Crippen molar-refractivity contribution >= 4 is 28.9 Å². The number of rotatable bonds is 4. The van der Waals surface area contributed by atoms with Gasteiger partial charge in [0.25, 0.3) is 5.91 Å². The molecule has 6 heteroatoms. The fraction of sp³-hybridized carbons (Fsp3) is 0.105. The molecule has 2 aromatic carbocycles. The van der Waals surface area contributed by atoms with Crippen molar-refractivity contribution in [3.8, 4) is 17.1 Å². The number of benzene rings is 2. The predicted molar refractivity (Wildman–Crippen MR) is 99.3 cm³/mol. The molecular formula is C19H17ClN2O3. The lowest BCUT2D eigenvalue weighted by atomic mass is 10.1. The number of hydrogen-bond donors (Lipinski definition) is 2. The molecule has 0 bridgehead atoms. The van der Waals surface area contributed by atoms with Crippen LogP contribution >= 0.6 is 11.6 Å². The van der Waals surface area contributed by atoms with Crippen molar-refractivity contribution in [3.63, 3.8) is 0 Å². The number of anilines is 2. The summed E-state index contributed by atoms with van der Waals surface area (Å²) in [6.07, 6.45) is 0. The summed E-state index contributed by atoms with van der Waals surface area (Å²) in [4.78, 5) is 12.4. The fourth-order valence-corrected chi connectivity index (χ4v) is 2.54. The molecule has 0 atom stereocenters. The lowest BCUT2D eigenvalue weighted by molar-refractivity contribution is 0.0997. The van der Waals surface area contributed by atoms with Gasteiger partial charge in [-0.3, -0.25) is 4.79 Å². The maximum Gasteiger partial charge on any atom is 0.291 e. The Morgan fingerprint density at radius 1 is 1.16 bits per heavy atom. The summed E-state index contributed by atoms with van der Waals surface area (Å²) in [5.41, 5.74) is 8.56. The van der Waals surface area contributed by atoms with Crippen LogP contribution in [0.15, 0.2) is 52.9 Å². The topological polar surface area (TPSA) is 77.5 Å². The van der Waals surface area contributed by atoms with Crippen molar-refractivity contribution < 1.29 is 13.9 Å². The Labute approximate surface area is 150 Å². The summed E-state index contributed by atoms with van der Waals surface area (Å²) >= 11 is 6.14. The number of carbonyl (C=O) groups is 1. The highest BCUT2D eigenvalue weighted by molar-refractivity contribution is 6.31. The second-order valence-electron chi connectivity index (χ2n) is 5.54. The van der Waals surface area contributed by atoms with E-state index in [1.54, 1.807) is 36.4 Å². The molecule has 5 nitrogen and oxygen atoms in total. The molecule has 1 amide bonds. The first-order valence-corrected chi connectivity index (χ1v) is 7.97. The minimum absolute atomic E-state index is 0.186. The van der Waals surface area contributed by atoms with Gasteiger partial charge >= 0.3 is 0 Å². The summed E-state index contributed by atoms with van der Waals surface area (Å²) in [5.74, 6) is 0.847. The van der Waals surface area contributed by atoms with E-state index < -0.39 is 0 Å². The quantitative estimate of drug-likeness (QED) is 0.661. The number of hydrogen-bond acceptors (Lipinski definition) is 4. The molecule has 128 valence electrons. The first kappa shape index (κ1) is 16.9. The number of aryl methyl sites for hydroxylation is 1. The molecule has 0 aliphatic rings. The van der Waals surface area contributed by atoms with Crippen molar-refractivity contribution in [2.75, 3.05) is 18.2 Å². The molecule has 0 unspecified atom stereocenters. The van der Waals surface area contributed by atoms with E-state index in [9.17, 15) is 4.79 Å². The van der Waals surface area contributed by atoms with Crippen LogP contribution in [0, 0.1) is 6.92 Å². The van der Waals surface area contributed by atoms with Gasteiger partial charge < -0.3 is 20.2 Å². The Hall–Kier alpha value is -2.92. The van der Waals surface area contributed by atoms with Crippen LogP contribution in [0.1, 0.15) is 16.1 Å². The van der Waals surface area contributed by atoms with Crippen molar-refractivity contribution in [3.05, 3.63) is 64.9 Å². The van der Waals surface area contributed by atoms with E-state index in [4.69, 9.17) is 26.5 Å². The average molecular weight is 357 g/mol. The van der Waals surface area contributed by atoms with E-state index >= 15 is 0 Å². The lowest BCUT2D eigenvalue weighted by Gasteiger charge is -2.09. The number of halogens is 1. The molecule has 0 spiro atoms. The molecule has 0 aliphatic heterocycles. The Morgan fingerprint density at radius 3 is 2.68 bits per heavy atom. The number of furan rings is 1. The molecule has 3 aromatic rings. The highest BCUT2D eigenvalue weighted by Crippen LogP contribution is 2.29. The third kappa shape index (κ3) is 3.61. The van der Waals surface area contributed by atoms with E-state index in [1.807, 2.05) is 19.1 Å². The SMILES string of the molecule is COc1cc(N)ccc1NC(=O)c1ccc(-c2ccc(C)c(Cl)c2)o1. The molecule has 0 radical (unpaired) electrons. The molecule has 3 N–H and O–H groups in total. The summed E-state index contributed by atoms with van der Waals surface area (Å²) in [5, 5.41) is 3.40. The molecule has 0 saturated carbocycles. The zero-order valence-corrected chi connectivity index (χ0v) is 14.6. The van der Waals surface area contributed by atoms with Gasteiger partial charge in [-0.25, -0.2) is 0 Å². The fourth-order valence-electron chi connectivity index (χ4n) is 2.36. The van der Waals surface area contributed by atoms with E-state index in [2.05, 4.69) is 5.32 Å². The predicted octanol–water partition coefficient (Wildman–Crippen LogP) is 4.75. The van der Waals surface area contributed by atoms with Crippen LogP contribution in [0.2, 0.25) is 5.02 Å². The number of amides is 1. The van der Waals surface area contributed by atoms with Crippen LogP contribution in [0.5, 0.6) is 5.75 Å². The minimum Gasteiger partial charge on any atom is -0.494 e. The number of nitrogens with one attached hydrogen (secondary N) is 1. The number of nitrogen functional groups attached to an aromatic ring is 1. The standard InChI is InChI=1S/C19H17ClN2O3/c1-11-3-4-12(9-14(11)20)16-7-8-17(25-16)19(23)22-15-6-5-13(21)10-18(15)24-2/h3-10H,21H2,1-2H3,(H,22,23). The van der Waals surface area contributed by atoms with Crippen LogP contribution in [-0.4, -0.2) is 13.0 Å². The van der Waals surface area contributed by atoms with Crippen LogP contribution < -0.4 is 15.8 Å². The first-order valence-electron chi connectivity index (χ1n) is 7.59. The normalized spacial score (nSPS) is 10.5. The summed E-state index contributed by atoms with van der Waals surface area (Å²) in [7, 11) is 1.51. The van der Waals surface area contributed by atoms with Crippen molar-refractivity contribution in [2.24, 2.45) is 0 Å². The zero-order valence-electron chi connectivity index (χ0n) is 13.8. The van der Waals surface area contributed by atoms with Gasteiger partial charge in [-0.2, -0.15) is 0 Å². The van der Waals surface area contributed by atoms with Crippen LogP contribution in [0.3, 0.4) is 0 Å². The van der Waals surface area contributed by atoms with Crippen LogP contribution in [0.25, 0.3) is 11.3 Å². The molecule has 1 aromatic heterocycles. The Balaban J connectivity index is 1.82. The van der Waals surface area contributed by atoms with E-state index in [0.29, 0.717) is 27.9 Å². The molecule has 0 aliphatic carbocycles. The second kappa shape index (κ2) is 6.91. The van der Waals surface area contributed by atoms with Crippen molar-refractivity contribution in [2.45, 2.75) is 6.92 Å². The summed E-state index contributed by atoms with van der Waals surface area (Å²) in [6.45, 7) is 1.92. The van der Waals surface area contributed by atoms with Gasteiger partial charge in [0.15, 0.2) is 5.76 Å². The molecule has 3 rings (SSSR count). The van der Waals surface area contributed by atoms with Gasteiger partial charge in [-0.15, -0.1) is 0 Å². The third-order valence-corrected chi connectivity index (χ3v) is 4.17. The van der Waals surface area contributed by atoms with Gasteiger partial charge in [0.05, 0.1) is 12.8 Å². The van der Waals surface area contributed by atoms with Gasteiger partial charge in [-0.05, 0) is 42.8 Å². The van der Waals surface area contributed by atoms with E-state index in [-0.39, 0.29) is 11.7 Å². The minimum atomic E-state index is -0.382. The largest absolute Gasteiger partial charge is 0.494 e. The zero-order chi connectivity index (χ0) is 18.0. The van der Waals surface area contributed by atoms with Gasteiger partial charge in [0, 0.05) is 22.3 Å². The number of carbonyl (C=O) groups excluding carboxylic acids is 1. The average Bonchev–Trinajstić information content (AvgIpc) is 3.09. The smallest absolute Gasteiger partial charge is 0.291 e. The Kier molecular flexibility index (Phi) is 4.67. The molecule has 0 fully saturated rings. The van der Waals surface area contributed by atoms with Gasteiger partial charge in [-0.1, -0.05) is 23.7 Å². The van der Waals surface area contributed by atoms with Crippen LogP contribution in [0.4, 0.5) is 11.4 Å². The molecule has 0 saturated heterocycles. The number of methoxy groups -OCH3 is 1. The number of ether oxygens (including phenoxy) is 1. The van der Waals surface area contributed by atoms with Crippen LogP contribution in [-0.2, 0) is 0 Å². The van der Waals surface area contributed by atoms with Gasteiger partial charge in [0.2, 0.25) is 0 Å². The Bertz CT molecular complexity index is 934. The molecule has 1 heterocycles. The summed E-state index contributed by atoms with van der Waals surface area (Å²) in [6, 6.07) is 13.9. The Morgan fingerprint density at radius 2 is 1.96 bits per heavy atom. The van der Waals surface area contributed by atoms with Gasteiger partial charge in [0.1, 0.15) is 11.5 Å². The summed E-state index contributed by atoms with van der Waals surface area (Å²) < 4.78 is 10.9. The molecule has 25 heavy (non-hydrogen) atoms.